The highest BCUT2D eigenvalue weighted by Crippen LogP contribution is 2.50. The molecule has 0 aliphatic carbocycles. The number of carbonyl (C=O) groups is 2. The Morgan fingerprint density at radius 2 is 0.898 bits per heavy atom. The molecule has 2 unspecified atom stereocenters. The first-order valence-corrected chi connectivity index (χ1v) is 16.2. The van der Waals surface area contributed by atoms with Gasteiger partial charge in [-0.2, -0.15) is 0 Å². The Hall–Kier alpha value is -5.02. The number of hydrogen-bond acceptors (Lipinski definition) is 9. The summed E-state index contributed by atoms with van der Waals surface area (Å²) in [5.74, 6) is 3.49. The molecule has 5 rings (SSSR count). The summed E-state index contributed by atoms with van der Waals surface area (Å²) >= 11 is 0. The van der Waals surface area contributed by atoms with Gasteiger partial charge in [0.25, 0.3) is 0 Å². The number of aryl methyl sites for hydroxylation is 2. The third-order valence-corrected chi connectivity index (χ3v) is 9.26. The maximum atomic E-state index is 12.9. The van der Waals surface area contributed by atoms with E-state index in [2.05, 4.69) is 13.8 Å². The van der Waals surface area contributed by atoms with Gasteiger partial charge in [0.15, 0.2) is 47.8 Å². The maximum absolute atomic E-state index is 12.9. The smallest absolute Gasteiger partial charge is 0.200 e. The van der Waals surface area contributed by atoms with Crippen molar-refractivity contribution in [3.8, 4) is 34.5 Å². The van der Waals surface area contributed by atoms with Gasteiger partial charge in [-0.05, 0) is 109 Å². The summed E-state index contributed by atoms with van der Waals surface area (Å²) in [6.45, 7) is 7.87. The third kappa shape index (κ3) is 7.67. The van der Waals surface area contributed by atoms with Crippen LogP contribution in [-0.4, -0.2) is 53.2 Å². The summed E-state index contributed by atoms with van der Waals surface area (Å²) < 4.78 is 40.4. The molecule has 0 radical (unpaired) electrons. The Morgan fingerprint density at radius 3 is 1.24 bits per heavy atom. The SMILES string of the molecule is COc1ccc(C(=O)COc2ccc(C3OC(c4ccc(OCC(=O)c5ccc(OC)c(C)c5)c(OC)c4)[C@H](C)[C@H]3C)cc2OC)cc1C. The molecule has 9 nitrogen and oxygen atoms in total. The molecule has 4 aromatic rings. The molecule has 1 aliphatic rings. The molecule has 4 atom stereocenters. The summed E-state index contributed by atoms with van der Waals surface area (Å²) in [7, 11) is 6.35. The highest BCUT2D eigenvalue weighted by molar-refractivity contribution is 5.98. The number of carbonyl (C=O) groups excluding carboxylic acids is 2. The molecular formula is C40H44O9. The van der Waals surface area contributed by atoms with Crippen LogP contribution < -0.4 is 28.4 Å². The van der Waals surface area contributed by atoms with Crippen LogP contribution in [0.15, 0.2) is 72.8 Å². The molecule has 0 spiro atoms. The lowest BCUT2D eigenvalue weighted by atomic mass is 9.85. The van der Waals surface area contributed by atoms with Gasteiger partial charge in [-0.3, -0.25) is 9.59 Å². The van der Waals surface area contributed by atoms with Crippen molar-refractivity contribution in [2.75, 3.05) is 41.7 Å². The Bertz CT molecular complexity index is 1680. The lowest BCUT2D eigenvalue weighted by Crippen LogP contribution is -2.13. The van der Waals surface area contributed by atoms with E-state index in [0.717, 1.165) is 33.8 Å². The fourth-order valence-electron chi connectivity index (χ4n) is 6.24. The van der Waals surface area contributed by atoms with Crippen LogP contribution in [0.25, 0.3) is 0 Å². The van der Waals surface area contributed by atoms with Crippen molar-refractivity contribution in [1.29, 1.82) is 0 Å². The van der Waals surface area contributed by atoms with Crippen LogP contribution in [0.3, 0.4) is 0 Å². The normalized spacial score (nSPS) is 18.4. The largest absolute Gasteiger partial charge is 0.496 e. The first-order chi connectivity index (χ1) is 23.6. The summed E-state index contributed by atoms with van der Waals surface area (Å²) in [4.78, 5) is 25.7. The second-order valence-electron chi connectivity index (χ2n) is 12.3. The highest BCUT2D eigenvalue weighted by Gasteiger charge is 2.41. The van der Waals surface area contributed by atoms with E-state index in [1.54, 1.807) is 64.8 Å². The zero-order valence-corrected chi connectivity index (χ0v) is 29.3. The molecule has 0 saturated carbocycles. The monoisotopic (exact) mass is 668 g/mol. The number of rotatable bonds is 14. The van der Waals surface area contributed by atoms with Crippen LogP contribution in [0.5, 0.6) is 34.5 Å². The number of methoxy groups -OCH3 is 4. The fourth-order valence-corrected chi connectivity index (χ4v) is 6.24. The molecule has 0 bridgehead atoms. The standard InChI is InChI=1S/C40H44O9/c1-23-17-27(9-13-33(23)43-5)31(41)21-47-35-15-11-29(19-37(35)45-7)39-25(3)26(4)40(49-39)30-12-16-36(38(20-30)46-8)48-22-32(42)28-10-14-34(44-6)24(2)18-28/h9-20,25-26,39-40H,21-22H2,1-8H3/t25-,26-,39?,40?/m1/s1. The zero-order valence-electron chi connectivity index (χ0n) is 29.3. The summed E-state index contributed by atoms with van der Waals surface area (Å²) in [6, 6.07) is 22.0. The third-order valence-electron chi connectivity index (χ3n) is 9.26. The molecule has 1 saturated heterocycles. The summed E-state index contributed by atoms with van der Waals surface area (Å²) in [5.41, 5.74) is 4.75. The second-order valence-corrected chi connectivity index (χ2v) is 12.3. The molecule has 1 fully saturated rings. The molecule has 258 valence electrons. The van der Waals surface area contributed by atoms with Crippen molar-refractivity contribution in [2.24, 2.45) is 11.8 Å². The minimum absolute atomic E-state index is 0.131. The molecule has 0 amide bonds. The average molecular weight is 669 g/mol. The quantitative estimate of drug-likeness (QED) is 0.124. The van der Waals surface area contributed by atoms with E-state index in [1.807, 2.05) is 50.2 Å². The van der Waals surface area contributed by atoms with Crippen molar-refractivity contribution in [3.63, 3.8) is 0 Å². The minimum atomic E-state index is -0.209. The predicted molar refractivity (Wildman–Crippen MR) is 186 cm³/mol. The zero-order chi connectivity index (χ0) is 35.2. The first kappa shape index (κ1) is 35.3. The van der Waals surface area contributed by atoms with E-state index < -0.39 is 0 Å². The Balaban J connectivity index is 1.25. The van der Waals surface area contributed by atoms with Crippen molar-refractivity contribution < 1.29 is 42.7 Å². The number of ether oxygens (including phenoxy) is 7. The minimum Gasteiger partial charge on any atom is -0.496 e. The van der Waals surface area contributed by atoms with Crippen molar-refractivity contribution >= 4 is 11.6 Å². The molecule has 1 heterocycles. The molecule has 4 aromatic carbocycles. The highest BCUT2D eigenvalue weighted by atomic mass is 16.5. The fraction of sp³-hybridized carbons (Fsp3) is 0.350. The number of hydrogen-bond donors (Lipinski definition) is 0. The van der Waals surface area contributed by atoms with Gasteiger partial charge < -0.3 is 33.2 Å². The lowest BCUT2D eigenvalue weighted by Gasteiger charge is -2.19. The summed E-state index contributed by atoms with van der Waals surface area (Å²) in [5, 5.41) is 0. The topological polar surface area (TPSA) is 98.8 Å². The van der Waals surface area contributed by atoms with Crippen LogP contribution in [0.2, 0.25) is 0 Å². The van der Waals surface area contributed by atoms with Gasteiger partial charge in [0, 0.05) is 11.1 Å². The van der Waals surface area contributed by atoms with Crippen LogP contribution in [-0.2, 0) is 4.74 Å². The van der Waals surface area contributed by atoms with Crippen molar-refractivity contribution in [2.45, 2.75) is 39.9 Å². The van der Waals surface area contributed by atoms with Gasteiger partial charge in [-0.1, -0.05) is 26.0 Å². The predicted octanol–water partition coefficient (Wildman–Crippen LogP) is 7.95. The van der Waals surface area contributed by atoms with Crippen LogP contribution in [0.1, 0.15) is 69.0 Å². The van der Waals surface area contributed by atoms with E-state index in [-0.39, 0.29) is 48.8 Å². The van der Waals surface area contributed by atoms with Gasteiger partial charge >= 0.3 is 0 Å². The summed E-state index contributed by atoms with van der Waals surface area (Å²) in [6.07, 6.45) is -0.418. The van der Waals surface area contributed by atoms with Gasteiger partial charge in [0.05, 0.1) is 40.6 Å². The van der Waals surface area contributed by atoms with E-state index in [1.165, 1.54) is 0 Å². The second kappa shape index (κ2) is 15.5. The Morgan fingerprint density at radius 1 is 0.531 bits per heavy atom. The van der Waals surface area contributed by atoms with Gasteiger partial charge in [-0.25, -0.2) is 0 Å². The van der Waals surface area contributed by atoms with Crippen LogP contribution in [0.4, 0.5) is 0 Å². The van der Waals surface area contributed by atoms with Gasteiger partial charge in [0.2, 0.25) is 0 Å². The van der Waals surface area contributed by atoms with E-state index in [9.17, 15) is 9.59 Å². The van der Waals surface area contributed by atoms with E-state index in [0.29, 0.717) is 34.1 Å². The Labute approximate surface area is 288 Å². The van der Waals surface area contributed by atoms with Crippen LogP contribution in [0, 0.1) is 25.7 Å². The van der Waals surface area contributed by atoms with Gasteiger partial charge in [-0.15, -0.1) is 0 Å². The molecule has 49 heavy (non-hydrogen) atoms. The first-order valence-electron chi connectivity index (χ1n) is 16.2. The number of Topliss-reactive ketones (excluding diaryl/α,β-unsaturated/α-hetero) is 2. The van der Waals surface area contributed by atoms with E-state index >= 15 is 0 Å². The number of ketones is 2. The van der Waals surface area contributed by atoms with E-state index in [4.69, 9.17) is 33.2 Å². The molecule has 9 heteroatoms. The van der Waals surface area contributed by atoms with Crippen molar-refractivity contribution in [1.82, 2.24) is 0 Å². The Kier molecular flexibility index (Phi) is 11.1. The molecular weight excluding hydrogens is 624 g/mol. The molecule has 0 N–H and O–H groups in total. The molecule has 1 aliphatic heterocycles. The maximum Gasteiger partial charge on any atom is 0.200 e. The van der Waals surface area contributed by atoms with Gasteiger partial charge in [0.1, 0.15) is 11.5 Å². The number of benzene rings is 4. The molecule has 0 aromatic heterocycles. The van der Waals surface area contributed by atoms with Crippen molar-refractivity contribution in [3.05, 3.63) is 106 Å². The van der Waals surface area contributed by atoms with Crippen LogP contribution >= 0.6 is 0 Å². The lowest BCUT2D eigenvalue weighted by molar-refractivity contribution is 0.0287. The average Bonchev–Trinajstić information content (AvgIpc) is 3.42.